The predicted octanol–water partition coefficient (Wildman–Crippen LogP) is 7.98. The molecule has 0 saturated carbocycles. The molecule has 0 saturated heterocycles. The fraction of sp³-hybridized carbons (Fsp3) is 0.500. The third kappa shape index (κ3) is 7.48. The molecule has 0 aliphatic carbocycles. The molecule has 2 aromatic carbocycles. The van der Waals surface area contributed by atoms with Gasteiger partial charge in [-0.1, -0.05) is 0 Å². The van der Waals surface area contributed by atoms with Gasteiger partial charge in [0.2, 0.25) is 0 Å². The van der Waals surface area contributed by atoms with E-state index >= 15 is 0 Å². The zero-order valence-electron chi connectivity index (χ0n) is 20.1. The summed E-state index contributed by atoms with van der Waals surface area (Å²) < 4.78 is 6.36. The van der Waals surface area contributed by atoms with Gasteiger partial charge in [-0.25, -0.2) is 0 Å². The third-order valence-electron chi connectivity index (χ3n) is 6.40. The molecule has 0 spiro atoms. The Kier molecular flexibility index (Phi) is 11.1. The molecule has 0 unspecified atom stereocenters. The van der Waals surface area contributed by atoms with Gasteiger partial charge < -0.3 is 0 Å². The molecular weight excluding hydrogens is 469 g/mol. The summed E-state index contributed by atoms with van der Waals surface area (Å²) in [5.41, 5.74) is 3.88. The second-order valence-electron chi connectivity index (χ2n) is 9.04. The summed E-state index contributed by atoms with van der Waals surface area (Å²) in [5.74, 6) is 0. The summed E-state index contributed by atoms with van der Waals surface area (Å²) in [6.07, 6.45) is 12.8. The molecule has 1 nitrogen and oxygen atoms in total. The summed E-state index contributed by atoms with van der Waals surface area (Å²) in [6.45, 7) is 7.07. The van der Waals surface area contributed by atoms with Crippen molar-refractivity contribution in [1.82, 2.24) is 0 Å². The van der Waals surface area contributed by atoms with Crippen molar-refractivity contribution in [2.75, 3.05) is 19.0 Å². The van der Waals surface area contributed by atoms with E-state index in [2.05, 4.69) is 100 Å². The Morgan fingerprint density at radius 3 is 1.73 bits per heavy atom. The van der Waals surface area contributed by atoms with Crippen LogP contribution in [-0.2, 0) is 0 Å². The van der Waals surface area contributed by atoms with E-state index in [-0.39, 0.29) is 0 Å². The molecule has 0 aliphatic heterocycles. The van der Waals surface area contributed by atoms with Crippen molar-refractivity contribution >= 4 is 39.8 Å². The van der Waals surface area contributed by atoms with E-state index in [1.54, 1.807) is 3.58 Å². The average molecular weight is 512 g/mol. The van der Waals surface area contributed by atoms with Crippen molar-refractivity contribution in [2.45, 2.75) is 72.6 Å². The molecule has 164 valence electrons. The first-order chi connectivity index (χ1) is 14.5. The fourth-order valence-corrected chi connectivity index (χ4v) is 20.5. The number of hydrogen-bond acceptors (Lipinski definition) is 1. The van der Waals surface area contributed by atoms with E-state index < -0.39 is 18.4 Å². The zero-order valence-corrected chi connectivity index (χ0v) is 22.9. The number of rotatable bonds is 13. The van der Waals surface area contributed by atoms with Crippen molar-refractivity contribution in [3.8, 4) is 0 Å². The monoisotopic (exact) mass is 513 g/mol. The van der Waals surface area contributed by atoms with E-state index in [1.165, 1.54) is 68.6 Å². The Morgan fingerprint density at radius 2 is 1.23 bits per heavy atom. The minimum absolute atomic E-state index is 1.25. The first kappa shape index (κ1) is 25.0. The average Bonchev–Trinajstić information content (AvgIpc) is 2.78. The van der Waals surface area contributed by atoms with Crippen LogP contribution in [0.2, 0.25) is 13.3 Å². The van der Waals surface area contributed by atoms with Crippen LogP contribution in [0.15, 0.2) is 48.5 Å². The van der Waals surface area contributed by atoms with Crippen LogP contribution in [-0.4, -0.2) is 32.5 Å². The van der Waals surface area contributed by atoms with Crippen LogP contribution in [0.5, 0.6) is 0 Å². The Morgan fingerprint density at radius 1 is 0.700 bits per heavy atom. The van der Waals surface area contributed by atoms with Gasteiger partial charge in [-0.3, -0.25) is 0 Å². The van der Waals surface area contributed by atoms with Crippen molar-refractivity contribution in [3.05, 3.63) is 59.7 Å². The first-order valence-electron chi connectivity index (χ1n) is 12.1. The summed E-state index contributed by atoms with van der Waals surface area (Å²) in [7, 11) is 4.17. The van der Waals surface area contributed by atoms with Gasteiger partial charge in [0, 0.05) is 0 Å². The van der Waals surface area contributed by atoms with Crippen molar-refractivity contribution in [1.29, 1.82) is 0 Å². The third-order valence-corrected chi connectivity index (χ3v) is 22.0. The number of benzene rings is 2. The van der Waals surface area contributed by atoms with Gasteiger partial charge >= 0.3 is 191 Å². The minimum atomic E-state index is -2.35. The van der Waals surface area contributed by atoms with E-state index in [0.717, 1.165) is 0 Å². The summed E-state index contributed by atoms with van der Waals surface area (Å²) >= 11 is -2.35. The molecule has 2 aromatic rings. The van der Waals surface area contributed by atoms with Gasteiger partial charge in [0.15, 0.2) is 0 Å². The number of unbranched alkanes of at least 4 members (excludes halogenated alkanes) is 3. The second kappa shape index (κ2) is 13.2. The molecule has 0 aliphatic rings. The summed E-state index contributed by atoms with van der Waals surface area (Å²) in [4.78, 5) is 2.15. The first-order valence-corrected chi connectivity index (χ1v) is 19.6. The van der Waals surface area contributed by atoms with Gasteiger partial charge in [-0.05, 0) is 0 Å². The number of anilines is 1. The molecular formula is C28H43NSn. The topological polar surface area (TPSA) is 3.24 Å². The van der Waals surface area contributed by atoms with E-state index in [4.69, 9.17) is 0 Å². The second-order valence-corrected chi connectivity index (χ2v) is 22.3. The maximum atomic E-state index is 2.56. The molecule has 0 N–H and O–H groups in total. The zero-order chi connectivity index (χ0) is 21.8. The van der Waals surface area contributed by atoms with Gasteiger partial charge in [-0.15, -0.1) is 0 Å². The van der Waals surface area contributed by atoms with Crippen LogP contribution in [0.4, 0.5) is 5.69 Å². The van der Waals surface area contributed by atoms with Crippen LogP contribution in [0.3, 0.4) is 0 Å². The molecule has 2 rings (SSSR count). The summed E-state index contributed by atoms with van der Waals surface area (Å²) in [5, 5.41) is 0. The Balaban J connectivity index is 2.28. The van der Waals surface area contributed by atoms with Crippen molar-refractivity contribution in [2.24, 2.45) is 0 Å². The SMILES string of the molecule is CCC[CH2][Sn]([CH2]CCC)([CH2]CCC)[c]1cccc(C=Cc2ccc(N(C)C)cc2)c1. The van der Waals surface area contributed by atoms with Gasteiger partial charge in [0.05, 0.1) is 0 Å². The molecule has 30 heavy (non-hydrogen) atoms. The fourth-order valence-electron chi connectivity index (χ4n) is 4.40. The molecule has 0 atom stereocenters. The molecule has 0 aromatic heterocycles. The molecule has 0 fully saturated rings. The van der Waals surface area contributed by atoms with Gasteiger partial charge in [0.1, 0.15) is 0 Å². The van der Waals surface area contributed by atoms with Gasteiger partial charge in [-0.2, -0.15) is 0 Å². The number of nitrogens with zero attached hydrogens (tertiary/aromatic N) is 1. The Bertz CT molecular complexity index is 739. The Hall–Kier alpha value is -1.22. The van der Waals surface area contributed by atoms with Crippen molar-refractivity contribution < 1.29 is 0 Å². The van der Waals surface area contributed by atoms with Crippen molar-refractivity contribution in [3.63, 3.8) is 0 Å². The normalized spacial score (nSPS) is 11.9. The van der Waals surface area contributed by atoms with E-state index in [0.29, 0.717) is 0 Å². The van der Waals surface area contributed by atoms with Crippen LogP contribution in [0, 0.1) is 0 Å². The molecule has 0 bridgehead atoms. The quantitative estimate of drug-likeness (QED) is 0.194. The van der Waals surface area contributed by atoms with Crippen LogP contribution in [0.1, 0.15) is 70.4 Å². The van der Waals surface area contributed by atoms with Crippen LogP contribution in [0.25, 0.3) is 12.2 Å². The van der Waals surface area contributed by atoms with Gasteiger partial charge in [0.25, 0.3) is 0 Å². The molecule has 2 heteroatoms. The maximum absolute atomic E-state index is 2.56. The standard InChI is InChI=1S/C16H16N.3C4H9.Sn/c1-17(2)16-12-10-15(11-13-16)9-8-14-6-4-3-5-7-14;3*1-3-4-2;/h3-4,6-13H,1-2H3;3*1,3-4H2,2H3;. The molecule has 0 amide bonds. The van der Waals surface area contributed by atoms with Crippen LogP contribution >= 0.6 is 0 Å². The molecule has 0 radical (unpaired) electrons. The number of hydrogen-bond donors (Lipinski definition) is 0. The van der Waals surface area contributed by atoms with E-state index in [1.807, 2.05) is 0 Å². The van der Waals surface area contributed by atoms with Crippen LogP contribution < -0.4 is 8.48 Å². The predicted molar refractivity (Wildman–Crippen MR) is 141 cm³/mol. The summed E-state index contributed by atoms with van der Waals surface area (Å²) in [6, 6.07) is 18.5. The van der Waals surface area contributed by atoms with E-state index in [9.17, 15) is 0 Å². The molecule has 0 heterocycles. The Labute approximate surface area is 190 Å².